The number of carbonyl (C=O) groups excluding carboxylic acids is 1. The van der Waals surface area contributed by atoms with Crippen molar-refractivity contribution in [3.05, 3.63) is 89.0 Å². The van der Waals surface area contributed by atoms with Gasteiger partial charge >= 0.3 is 0 Å². The van der Waals surface area contributed by atoms with E-state index in [1.165, 1.54) is 30.3 Å². The topological polar surface area (TPSA) is 75.3 Å². The van der Waals surface area contributed by atoms with Crippen LogP contribution in [0.2, 0.25) is 5.02 Å². The van der Waals surface area contributed by atoms with Crippen LogP contribution in [0, 0.1) is 11.6 Å². The molecule has 0 bridgehead atoms. The summed E-state index contributed by atoms with van der Waals surface area (Å²) in [4.78, 5) is 12.4. The molecule has 0 aliphatic rings. The summed E-state index contributed by atoms with van der Waals surface area (Å²) >= 11 is 6.08. The molecule has 144 valence electrons. The first kappa shape index (κ1) is 19.8. The fourth-order valence-corrected chi connectivity index (χ4v) is 3.69. The Morgan fingerprint density at radius 3 is 2.29 bits per heavy atom. The van der Waals surface area contributed by atoms with Gasteiger partial charge in [-0.15, -0.1) is 0 Å². The summed E-state index contributed by atoms with van der Waals surface area (Å²) < 4.78 is 53.6. The lowest BCUT2D eigenvalue weighted by Gasteiger charge is -2.11. The molecular weight excluding hydrogens is 410 g/mol. The van der Waals surface area contributed by atoms with E-state index in [0.717, 1.165) is 12.1 Å². The first-order valence-corrected chi connectivity index (χ1v) is 9.76. The summed E-state index contributed by atoms with van der Waals surface area (Å²) in [5.74, 6) is -2.44. The molecule has 0 aliphatic carbocycles. The number of halogens is 3. The molecule has 28 heavy (non-hydrogen) atoms. The van der Waals surface area contributed by atoms with Crippen LogP contribution in [0.3, 0.4) is 0 Å². The van der Waals surface area contributed by atoms with Crippen molar-refractivity contribution in [2.75, 3.05) is 10.0 Å². The minimum atomic E-state index is -3.82. The lowest BCUT2D eigenvalue weighted by molar-refractivity contribution is 0.102. The van der Waals surface area contributed by atoms with Crippen molar-refractivity contribution in [2.45, 2.75) is 4.90 Å². The molecule has 0 atom stereocenters. The summed E-state index contributed by atoms with van der Waals surface area (Å²) in [6.07, 6.45) is 0. The van der Waals surface area contributed by atoms with Crippen LogP contribution in [-0.4, -0.2) is 14.3 Å². The number of anilines is 2. The number of sulfonamides is 1. The Hall–Kier alpha value is -2.97. The highest BCUT2D eigenvalue weighted by Gasteiger charge is 2.17. The molecule has 3 aromatic carbocycles. The monoisotopic (exact) mass is 422 g/mol. The fourth-order valence-electron chi connectivity index (χ4n) is 2.36. The molecule has 2 N–H and O–H groups in total. The van der Waals surface area contributed by atoms with Crippen LogP contribution in [0.4, 0.5) is 20.2 Å². The second-order valence-corrected chi connectivity index (χ2v) is 7.78. The number of nitrogens with one attached hydrogen (secondary N) is 2. The van der Waals surface area contributed by atoms with E-state index in [9.17, 15) is 22.0 Å². The van der Waals surface area contributed by atoms with Crippen LogP contribution in [0.1, 0.15) is 10.4 Å². The predicted molar refractivity (Wildman–Crippen MR) is 103 cm³/mol. The van der Waals surface area contributed by atoms with Gasteiger partial charge in [0.05, 0.1) is 26.9 Å². The average molecular weight is 423 g/mol. The van der Waals surface area contributed by atoms with Crippen molar-refractivity contribution >= 4 is 38.9 Å². The first-order valence-electron chi connectivity index (χ1n) is 7.90. The van der Waals surface area contributed by atoms with Crippen molar-refractivity contribution in [1.29, 1.82) is 0 Å². The minimum Gasteiger partial charge on any atom is -0.319 e. The lowest BCUT2D eigenvalue weighted by Crippen LogP contribution is -2.15. The Morgan fingerprint density at radius 2 is 1.64 bits per heavy atom. The standard InChI is InChI=1S/C19H13ClF2N2O3S/c20-16-11-13(24-28(26,27)14-4-2-1-3-5-14)7-8-15(16)19(25)23-18-9-6-12(21)10-17(18)22/h1-11,24H,(H,23,25). The van der Waals surface area contributed by atoms with Crippen molar-refractivity contribution in [1.82, 2.24) is 0 Å². The highest BCUT2D eigenvalue weighted by molar-refractivity contribution is 7.92. The third kappa shape index (κ3) is 4.47. The van der Waals surface area contributed by atoms with Gasteiger partial charge in [-0.05, 0) is 42.5 Å². The molecule has 0 aromatic heterocycles. The number of rotatable bonds is 5. The molecular formula is C19H13ClF2N2O3S. The zero-order chi connectivity index (χ0) is 20.3. The van der Waals surface area contributed by atoms with Gasteiger partial charge in [-0.2, -0.15) is 0 Å². The van der Waals surface area contributed by atoms with Crippen LogP contribution in [0.5, 0.6) is 0 Å². The molecule has 9 heteroatoms. The Balaban J connectivity index is 1.79. The summed E-state index contributed by atoms with van der Waals surface area (Å²) in [6.45, 7) is 0. The Morgan fingerprint density at radius 1 is 0.929 bits per heavy atom. The highest BCUT2D eigenvalue weighted by Crippen LogP contribution is 2.25. The molecule has 0 saturated carbocycles. The molecule has 0 radical (unpaired) electrons. The normalized spacial score (nSPS) is 11.1. The summed E-state index contributed by atoms with van der Waals surface area (Å²) in [5.41, 5.74) is -0.0669. The van der Waals surface area contributed by atoms with Gasteiger partial charge in [0.2, 0.25) is 0 Å². The van der Waals surface area contributed by atoms with Gasteiger partial charge in [0.25, 0.3) is 15.9 Å². The van der Waals surface area contributed by atoms with Gasteiger partial charge in [-0.25, -0.2) is 17.2 Å². The molecule has 3 aromatic rings. The Labute approximate surface area is 165 Å². The smallest absolute Gasteiger partial charge is 0.261 e. The maximum Gasteiger partial charge on any atom is 0.261 e. The van der Waals surface area contributed by atoms with Gasteiger partial charge in [-0.3, -0.25) is 9.52 Å². The third-order valence-electron chi connectivity index (χ3n) is 3.70. The number of benzene rings is 3. The zero-order valence-electron chi connectivity index (χ0n) is 14.1. The fraction of sp³-hybridized carbons (Fsp3) is 0. The lowest BCUT2D eigenvalue weighted by atomic mass is 10.2. The van der Waals surface area contributed by atoms with E-state index in [0.29, 0.717) is 6.07 Å². The Kier molecular flexibility index (Phi) is 5.62. The molecule has 0 fully saturated rings. The van der Waals surface area contributed by atoms with Gasteiger partial charge < -0.3 is 5.32 Å². The van der Waals surface area contributed by atoms with Gasteiger partial charge in [0.15, 0.2) is 0 Å². The second kappa shape index (κ2) is 7.95. The number of carbonyl (C=O) groups is 1. The molecule has 0 spiro atoms. The van der Waals surface area contributed by atoms with E-state index in [4.69, 9.17) is 11.6 Å². The molecule has 1 amide bonds. The van der Waals surface area contributed by atoms with E-state index < -0.39 is 27.6 Å². The van der Waals surface area contributed by atoms with Gasteiger partial charge in [-0.1, -0.05) is 29.8 Å². The molecule has 0 aliphatic heterocycles. The SMILES string of the molecule is O=C(Nc1ccc(F)cc1F)c1ccc(NS(=O)(=O)c2ccccc2)cc1Cl. The molecule has 0 unspecified atom stereocenters. The predicted octanol–water partition coefficient (Wildman–Crippen LogP) is 4.67. The Bertz CT molecular complexity index is 1140. The van der Waals surface area contributed by atoms with E-state index in [1.54, 1.807) is 18.2 Å². The number of hydrogen-bond donors (Lipinski definition) is 2. The van der Waals surface area contributed by atoms with Crippen LogP contribution in [0.15, 0.2) is 71.6 Å². The molecule has 5 nitrogen and oxygen atoms in total. The largest absolute Gasteiger partial charge is 0.319 e. The van der Waals surface area contributed by atoms with E-state index in [1.807, 2.05) is 0 Å². The third-order valence-corrected chi connectivity index (χ3v) is 5.41. The highest BCUT2D eigenvalue weighted by atomic mass is 35.5. The van der Waals surface area contributed by atoms with Crippen molar-refractivity contribution < 1.29 is 22.0 Å². The molecule has 0 saturated heterocycles. The van der Waals surface area contributed by atoms with E-state index in [2.05, 4.69) is 10.0 Å². The van der Waals surface area contributed by atoms with Crippen LogP contribution >= 0.6 is 11.6 Å². The van der Waals surface area contributed by atoms with Crippen LogP contribution in [-0.2, 0) is 10.0 Å². The summed E-state index contributed by atoms with van der Waals surface area (Å²) in [7, 11) is -3.82. The zero-order valence-corrected chi connectivity index (χ0v) is 15.7. The van der Waals surface area contributed by atoms with E-state index in [-0.39, 0.29) is 26.9 Å². The van der Waals surface area contributed by atoms with Crippen LogP contribution in [0.25, 0.3) is 0 Å². The maximum atomic E-state index is 13.7. The van der Waals surface area contributed by atoms with Crippen LogP contribution < -0.4 is 10.0 Å². The maximum absolute atomic E-state index is 13.7. The average Bonchev–Trinajstić information content (AvgIpc) is 2.64. The summed E-state index contributed by atoms with van der Waals surface area (Å²) in [5, 5.41) is 2.24. The van der Waals surface area contributed by atoms with Gasteiger partial charge in [0, 0.05) is 6.07 Å². The number of hydrogen-bond acceptors (Lipinski definition) is 3. The van der Waals surface area contributed by atoms with E-state index >= 15 is 0 Å². The summed E-state index contributed by atoms with van der Waals surface area (Å²) in [6, 6.07) is 14.4. The van der Waals surface area contributed by atoms with Crippen molar-refractivity contribution in [2.24, 2.45) is 0 Å². The molecule has 3 rings (SSSR count). The van der Waals surface area contributed by atoms with Crippen molar-refractivity contribution in [3.8, 4) is 0 Å². The van der Waals surface area contributed by atoms with Gasteiger partial charge in [0.1, 0.15) is 11.6 Å². The quantitative estimate of drug-likeness (QED) is 0.627. The number of amides is 1. The second-order valence-electron chi connectivity index (χ2n) is 5.69. The first-order chi connectivity index (χ1) is 13.3. The molecule has 0 heterocycles. The van der Waals surface area contributed by atoms with Crippen molar-refractivity contribution in [3.63, 3.8) is 0 Å². The minimum absolute atomic E-state index is 0.00643.